The average Bonchev–Trinajstić information content (AvgIpc) is 2.48. The number of anilines is 2. The third-order valence-electron chi connectivity index (χ3n) is 2.75. The number of nitrogens with one attached hydrogen (secondary N) is 2. The molecule has 0 fully saturated rings. The van der Waals surface area contributed by atoms with Crippen LogP contribution in [0.5, 0.6) is 5.75 Å². The molecule has 0 heterocycles. The maximum absolute atomic E-state index is 12.3. The Balaban J connectivity index is 2.01. The van der Waals surface area contributed by atoms with Crippen LogP contribution in [0.4, 0.5) is 24.5 Å². The molecule has 0 unspecified atom stereocenters. The predicted octanol–water partition coefficient (Wildman–Crippen LogP) is 4.94. The highest BCUT2D eigenvalue weighted by atomic mass is 35.5. The van der Waals surface area contributed by atoms with Gasteiger partial charge in [-0.15, -0.1) is 13.2 Å². The Morgan fingerprint density at radius 2 is 1.79 bits per heavy atom. The van der Waals surface area contributed by atoms with Crippen molar-refractivity contribution < 1.29 is 22.7 Å². The van der Waals surface area contributed by atoms with Crippen molar-refractivity contribution in [3.05, 3.63) is 52.5 Å². The third-order valence-corrected chi connectivity index (χ3v) is 3.32. The highest BCUT2D eigenvalue weighted by Gasteiger charge is 2.32. The summed E-state index contributed by atoms with van der Waals surface area (Å²) in [6.07, 6.45) is -4.83. The van der Waals surface area contributed by atoms with Crippen LogP contribution in [0, 0.1) is 0 Å². The minimum atomic E-state index is -4.83. The van der Waals surface area contributed by atoms with Crippen molar-refractivity contribution in [1.29, 1.82) is 0 Å². The second kappa shape index (κ2) is 7.63. The monoisotopic (exact) mass is 378 g/mol. The van der Waals surface area contributed by atoms with E-state index in [0.29, 0.717) is 10.7 Å². The molecule has 2 N–H and O–H groups in total. The molecule has 2 aromatic rings. The molecule has 0 aliphatic carbocycles. The average molecular weight is 379 g/mol. The zero-order valence-electron chi connectivity index (χ0n) is 12.0. The van der Waals surface area contributed by atoms with Crippen LogP contribution in [0.3, 0.4) is 0 Å². The molecule has 0 spiro atoms. The second-order valence-electron chi connectivity index (χ2n) is 4.57. The van der Waals surface area contributed by atoms with Gasteiger partial charge in [-0.2, -0.15) is 0 Å². The van der Waals surface area contributed by atoms with Crippen molar-refractivity contribution in [2.24, 2.45) is 0 Å². The maximum Gasteiger partial charge on any atom is 0.573 e. The fraction of sp³-hybridized carbons (Fsp3) is 0.133. The molecule has 24 heavy (non-hydrogen) atoms. The SMILES string of the molecule is O=C(CNc1ccccc1OC(F)(F)F)Nc1cc(Cl)ccc1Cl. The summed E-state index contributed by atoms with van der Waals surface area (Å²) >= 11 is 11.7. The van der Waals surface area contributed by atoms with Gasteiger partial charge in [0.1, 0.15) is 0 Å². The van der Waals surface area contributed by atoms with Crippen LogP contribution in [-0.4, -0.2) is 18.8 Å². The number of para-hydroxylation sites is 2. The molecular formula is C15H11Cl2F3N2O2. The molecule has 0 saturated carbocycles. The Hall–Kier alpha value is -2.12. The van der Waals surface area contributed by atoms with Gasteiger partial charge in [0.05, 0.1) is 22.9 Å². The van der Waals surface area contributed by atoms with Crippen LogP contribution in [0.1, 0.15) is 0 Å². The lowest BCUT2D eigenvalue weighted by molar-refractivity contribution is -0.274. The first-order valence-corrected chi connectivity index (χ1v) is 7.34. The number of ether oxygens (including phenoxy) is 1. The van der Waals surface area contributed by atoms with Gasteiger partial charge in [0, 0.05) is 5.02 Å². The van der Waals surface area contributed by atoms with Gasteiger partial charge in [0.2, 0.25) is 5.91 Å². The third kappa shape index (κ3) is 5.50. The van der Waals surface area contributed by atoms with E-state index in [1.54, 1.807) is 6.07 Å². The van der Waals surface area contributed by atoms with Gasteiger partial charge in [-0.3, -0.25) is 4.79 Å². The lowest BCUT2D eigenvalue weighted by atomic mass is 10.3. The molecular weight excluding hydrogens is 368 g/mol. The van der Waals surface area contributed by atoms with Crippen molar-refractivity contribution in [3.63, 3.8) is 0 Å². The number of carbonyl (C=O) groups is 1. The molecule has 9 heteroatoms. The summed E-state index contributed by atoms with van der Waals surface area (Å²) in [5, 5.41) is 5.75. The topological polar surface area (TPSA) is 50.4 Å². The summed E-state index contributed by atoms with van der Waals surface area (Å²) in [5.74, 6) is -0.945. The van der Waals surface area contributed by atoms with Crippen LogP contribution in [0.2, 0.25) is 10.0 Å². The molecule has 0 aliphatic rings. The van der Waals surface area contributed by atoms with Crippen LogP contribution in [0.15, 0.2) is 42.5 Å². The maximum atomic E-state index is 12.3. The molecule has 2 rings (SSSR count). The molecule has 128 valence electrons. The van der Waals surface area contributed by atoms with E-state index in [1.807, 2.05) is 0 Å². The summed E-state index contributed by atoms with van der Waals surface area (Å²) in [4.78, 5) is 11.9. The molecule has 2 aromatic carbocycles. The van der Waals surface area contributed by atoms with Crippen LogP contribution in [-0.2, 0) is 4.79 Å². The summed E-state index contributed by atoms with van der Waals surface area (Å²) in [6.45, 7) is -0.291. The summed E-state index contributed by atoms with van der Waals surface area (Å²) in [5.41, 5.74) is 0.331. The van der Waals surface area contributed by atoms with Gasteiger partial charge in [-0.05, 0) is 30.3 Å². The highest BCUT2D eigenvalue weighted by molar-refractivity contribution is 6.35. The first kappa shape index (κ1) is 18.2. The zero-order chi connectivity index (χ0) is 17.7. The molecule has 0 saturated heterocycles. The minimum Gasteiger partial charge on any atom is -0.404 e. The standard InChI is InChI=1S/C15H11Cl2F3N2O2/c16-9-5-6-10(17)12(7-9)22-14(23)8-21-11-3-1-2-4-13(11)24-15(18,19)20/h1-7,21H,8H2,(H,22,23). The van der Waals surface area contributed by atoms with Gasteiger partial charge >= 0.3 is 6.36 Å². The molecule has 0 aliphatic heterocycles. The molecule has 0 aromatic heterocycles. The highest BCUT2D eigenvalue weighted by Crippen LogP contribution is 2.30. The number of rotatable bonds is 5. The summed E-state index contributed by atoms with van der Waals surface area (Å²) < 4.78 is 40.9. The lowest BCUT2D eigenvalue weighted by Crippen LogP contribution is -2.23. The van der Waals surface area contributed by atoms with E-state index in [4.69, 9.17) is 23.2 Å². The molecule has 0 atom stereocenters. The molecule has 1 amide bonds. The smallest absolute Gasteiger partial charge is 0.404 e. The van der Waals surface area contributed by atoms with E-state index in [1.165, 1.54) is 30.3 Å². The normalized spacial score (nSPS) is 11.0. The number of amides is 1. The first-order valence-electron chi connectivity index (χ1n) is 6.58. The number of alkyl halides is 3. The number of benzene rings is 2. The Morgan fingerprint density at radius 3 is 2.50 bits per heavy atom. The van der Waals surface area contributed by atoms with E-state index in [-0.39, 0.29) is 17.3 Å². The Labute approximate surface area is 145 Å². The molecule has 0 radical (unpaired) electrons. The van der Waals surface area contributed by atoms with E-state index < -0.39 is 18.0 Å². The molecule has 0 bridgehead atoms. The van der Waals surface area contributed by atoms with Gasteiger partial charge in [-0.1, -0.05) is 35.3 Å². The van der Waals surface area contributed by atoms with Crippen molar-refractivity contribution >= 4 is 40.5 Å². The van der Waals surface area contributed by atoms with E-state index in [2.05, 4.69) is 15.4 Å². The zero-order valence-corrected chi connectivity index (χ0v) is 13.5. The van der Waals surface area contributed by atoms with Crippen molar-refractivity contribution in [2.45, 2.75) is 6.36 Å². The van der Waals surface area contributed by atoms with Crippen LogP contribution in [0.25, 0.3) is 0 Å². The quantitative estimate of drug-likeness (QED) is 0.774. The lowest BCUT2D eigenvalue weighted by Gasteiger charge is -2.14. The number of hydrogen-bond acceptors (Lipinski definition) is 3. The van der Waals surface area contributed by atoms with E-state index >= 15 is 0 Å². The fourth-order valence-electron chi connectivity index (χ4n) is 1.79. The van der Waals surface area contributed by atoms with Crippen molar-refractivity contribution in [2.75, 3.05) is 17.2 Å². The Bertz CT molecular complexity index is 739. The van der Waals surface area contributed by atoms with E-state index in [9.17, 15) is 18.0 Å². The minimum absolute atomic E-state index is 0.0298. The van der Waals surface area contributed by atoms with Gasteiger partial charge in [0.15, 0.2) is 5.75 Å². The molecule has 4 nitrogen and oxygen atoms in total. The summed E-state index contributed by atoms with van der Waals surface area (Å²) in [7, 11) is 0. The first-order chi connectivity index (χ1) is 11.2. The van der Waals surface area contributed by atoms with Gasteiger partial charge in [0.25, 0.3) is 0 Å². The van der Waals surface area contributed by atoms with Crippen molar-refractivity contribution in [3.8, 4) is 5.75 Å². The van der Waals surface area contributed by atoms with Gasteiger partial charge in [-0.25, -0.2) is 0 Å². The van der Waals surface area contributed by atoms with E-state index in [0.717, 1.165) is 6.07 Å². The van der Waals surface area contributed by atoms with Crippen LogP contribution < -0.4 is 15.4 Å². The number of hydrogen-bond donors (Lipinski definition) is 2. The number of halogens is 5. The van der Waals surface area contributed by atoms with Crippen molar-refractivity contribution in [1.82, 2.24) is 0 Å². The fourth-order valence-corrected chi connectivity index (χ4v) is 2.13. The number of carbonyl (C=O) groups excluding carboxylic acids is 1. The predicted molar refractivity (Wildman–Crippen MR) is 86.7 cm³/mol. The van der Waals surface area contributed by atoms with Crippen LogP contribution >= 0.6 is 23.2 Å². The largest absolute Gasteiger partial charge is 0.573 e. The second-order valence-corrected chi connectivity index (χ2v) is 5.41. The van der Waals surface area contributed by atoms with Gasteiger partial charge < -0.3 is 15.4 Å². The summed E-state index contributed by atoms with van der Waals surface area (Å²) in [6, 6.07) is 9.93. The Kier molecular flexibility index (Phi) is 5.80. The Morgan fingerprint density at radius 1 is 1.08 bits per heavy atom.